The second-order valence-corrected chi connectivity index (χ2v) is 9.75. The molecule has 0 aliphatic heterocycles. The molecule has 0 aliphatic rings. The Morgan fingerprint density at radius 3 is 2.49 bits per heavy atom. The number of aromatic amines is 1. The fraction of sp³-hybridized carbons (Fsp3) is 0.174. The second kappa shape index (κ2) is 9.73. The Labute approximate surface area is 209 Å². The maximum atomic E-state index is 12.6. The van der Waals surface area contributed by atoms with Gasteiger partial charge in [0.2, 0.25) is 21.3 Å². The van der Waals surface area contributed by atoms with Crippen molar-refractivity contribution in [3.05, 3.63) is 90.6 Å². The number of nitro groups is 1. The lowest BCUT2D eigenvalue weighted by Crippen LogP contribution is -2.21. The Kier molecular flexibility index (Phi) is 6.68. The number of rotatable bonds is 8. The number of hydrogen-bond acceptors (Lipinski definition) is 9. The smallest absolute Gasteiger partial charge is 0.295 e. The lowest BCUT2D eigenvalue weighted by molar-refractivity contribution is -0.384. The summed E-state index contributed by atoms with van der Waals surface area (Å²) < 4.78 is 37.5. The van der Waals surface area contributed by atoms with Crippen molar-refractivity contribution < 1.29 is 22.8 Å². The summed E-state index contributed by atoms with van der Waals surface area (Å²) in [5.41, 5.74) is -0.509. The van der Waals surface area contributed by atoms with Gasteiger partial charge >= 0.3 is 0 Å². The van der Waals surface area contributed by atoms with Crippen molar-refractivity contribution in [2.24, 2.45) is 0 Å². The van der Waals surface area contributed by atoms with Gasteiger partial charge in [-0.2, -0.15) is 0 Å². The van der Waals surface area contributed by atoms with Gasteiger partial charge in [0.05, 0.1) is 35.0 Å². The molecule has 0 saturated carbocycles. The summed E-state index contributed by atoms with van der Waals surface area (Å²) in [7, 11) is -2.26. The number of nitrogens with one attached hydrogen (secondary N) is 2. The van der Waals surface area contributed by atoms with Gasteiger partial charge in [-0.3, -0.25) is 24.4 Å². The van der Waals surface area contributed by atoms with E-state index >= 15 is 0 Å². The van der Waals surface area contributed by atoms with Gasteiger partial charge in [0, 0.05) is 18.3 Å². The quantitative estimate of drug-likeness (QED) is 0.257. The molecule has 4 aromatic rings. The van der Waals surface area contributed by atoms with Crippen molar-refractivity contribution in [3.8, 4) is 17.2 Å². The minimum Gasteiger partial charge on any atom is -0.497 e. The van der Waals surface area contributed by atoms with Crippen molar-refractivity contribution in [1.82, 2.24) is 14.5 Å². The molecule has 0 fully saturated rings. The molecule has 2 heterocycles. The van der Waals surface area contributed by atoms with Crippen LogP contribution in [0.15, 0.2) is 58.3 Å². The van der Waals surface area contributed by atoms with Crippen LogP contribution in [0, 0.1) is 17.0 Å². The fourth-order valence-electron chi connectivity index (χ4n) is 3.63. The number of hydrogen-bond donors (Lipinski definition) is 2. The van der Waals surface area contributed by atoms with Crippen LogP contribution >= 0.6 is 0 Å². The standard InChI is InChI=1S/C23H21N5O8S/c1-13-21(36-12-14-4-6-15(35-2)7-5-14)20(29)8-9-27(13)18-10-16-17(11-19(18)28(31)32)25-23(30)22(24-16)26-37(3,33)34/h4-11H,12H2,1-3H3,(H,24,26)(H,25,30). The van der Waals surface area contributed by atoms with Crippen LogP contribution in [0.1, 0.15) is 11.3 Å². The number of anilines is 1. The predicted molar refractivity (Wildman–Crippen MR) is 135 cm³/mol. The van der Waals surface area contributed by atoms with Gasteiger partial charge in [-0.15, -0.1) is 0 Å². The maximum absolute atomic E-state index is 12.6. The number of H-pyrrole nitrogens is 1. The Morgan fingerprint density at radius 2 is 1.86 bits per heavy atom. The highest BCUT2D eigenvalue weighted by molar-refractivity contribution is 7.92. The van der Waals surface area contributed by atoms with Crippen molar-refractivity contribution in [3.63, 3.8) is 0 Å². The zero-order valence-corrected chi connectivity index (χ0v) is 20.7. The van der Waals surface area contributed by atoms with Crippen molar-refractivity contribution >= 4 is 32.6 Å². The highest BCUT2D eigenvalue weighted by Crippen LogP contribution is 2.30. The molecule has 4 rings (SSSR count). The van der Waals surface area contributed by atoms with Crippen molar-refractivity contribution in [2.75, 3.05) is 18.1 Å². The topological polar surface area (TPSA) is 176 Å². The Balaban J connectivity index is 1.81. The molecular formula is C23H21N5O8S. The Bertz CT molecular complexity index is 1740. The molecular weight excluding hydrogens is 506 g/mol. The Hall–Kier alpha value is -4.72. The molecule has 0 saturated heterocycles. The van der Waals surface area contributed by atoms with E-state index < -0.39 is 31.8 Å². The van der Waals surface area contributed by atoms with Crippen molar-refractivity contribution in [2.45, 2.75) is 13.5 Å². The first-order valence-electron chi connectivity index (χ1n) is 10.7. The molecule has 0 amide bonds. The number of ether oxygens (including phenoxy) is 2. The lowest BCUT2D eigenvalue weighted by atomic mass is 10.2. The molecule has 37 heavy (non-hydrogen) atoms. The summed E-state index contributed by atoms with van der Waals surface area (Å²) in [6.45, 7) is 1.63. The molecule has 0 atom stereocenters. The van der Waals surface area contributed by atoms with Crippen LogP contribution in [0.2, 0.25) is 0 Å². The van der Waals surface area contributed by atoms with Crippen LogP contribution in [0.5, 0.6) is 11.5 Å². The average Bonchev–Trinajstić information content (AvgIpc) is 2.83. The van der Waals surface area contributed by atoms with E-state index in [0.29, 0.717) is 5.75 Å². The first kappa shape index (κ1) is 25.4. The molecule has 192 valence electrons. The van der Waals surface area contributed by atoms with Gasteiger partial charge in [0.15, 0.2) is 5.75 Å². The van der Waals surface area contributed by atoms with Gasteiger partial charge in [-0.25, -0.2) is 13.4 Å². The zero-order valence-electron chi connectivity index (χ0n) is 19.8. The Morgan fingerprint density at radius 1 is 1.16 bits per heavy atom. The average molecular weight is 528 g/mol. The molecule has 0 bridgehead atoms. The molecule has 0 aliphatic carbocycles. The monoisotopic (exact) mass is 527 g/mol. The first-order valence-corrected chi connectivity index (χ1v) is 12.5. The third-order valence-corrected chi connectivity index (χ3v) is 5.92. The van der Waals surface area contributed by atoms with Gasteiger partial charge in [-0.05, 0) is 30.7 Å². The van der Waals surface area contributed by atoms with Gasteiger partial charge in [0.25, 0.3) is 11.2 Å². The van der Waals surface area contributed by atoms with Crippen LogP contribution < -0.4 is 25.2 Å². The molecule has 0 spiro atoms. The normalized spacial score (nSPS) is 11.3. The number of sulfonamides is 1. The number of nitrogens with zero attached hydrogens (tertiary/aromatic N) is 3. The van der Waals surface area contributed by atoms with Crippen LogP contribution in [-0.2, 0) is 16.6 Å². The van der Waals surface area contributed by atoms with E-state index in [2.05, 4.69) is 9.97 Å². The summed E-state index contributed by atoms with van der Waals surface area (Å²) >= 11 is 0. The van der Waals surface area contributed by atoms with Gasteiger partial charge < -0.3 is 19.0 Å². The third-order valence-electron chi connectivity index (χ3n) is 5.36. The highest BCUT2D eigenvalue weighted by Gasteiger charge is 2.22. The van der Waals surface area contributed by atoms with E-state index in [4.69, 9.17) is 9.47 Å². The molecule has 0 radical (unpaired) electrons. The number of nitro benzene ring substituents is 1. The molecule has 2 aromatic heterocycles. The number of fused-ring (bicyclic) bond motifs is 1. The van der Waals surface area contributed by atoms with Crippen LogP contribution in [0.4, 0.5) is 11.5 Å². The summed E-state index contributed by atoms with van der Waals surface area (Å²) in [4.78, 5) is 42.5. The maximum Gasteiger partial charge on any atom is 0.295 e. The van der Waals surface area contributed by atoms with E-state index in [1.807, 2.05) is 4.72 Å². The van der Waals surface area contributed by atoms with E-state index in [0.717, 1.165) is 17.9 Å². The van der Waals surface area contributed by atoms with Gasteiger partial charge in [-0.1, -0.05) is 12.1 Å². The van der Waals surface area contributed by atoms with Crippen LogP contribution in [0.3, 0.4) is 0 Å². The summed E-state index contributed by atoms with van der Waals surface area (Å²) in [5.74, 6) is 0.159. The largest absolute Gasteiger partial charge is 0.497 e. The van der Waals surface area contributed by atoms with Crippen molar-refractivity contribution in [1.29, 1.82) is 0 Å². The third kappa shape index (κ3) is 5.43. The molecule has 13 nitrogen and oxygen atoms in total. The van der Waals surface area contributed by atoms with Crippen LogP contribution in [0.25, 0.3) is 16.7 Å². The van der Waals surface area contributed by atoms with E-state index in [1.54, 1.807) is 38.3 Å². The second-order valence-electron chi connectivity index (χ2n) is 8.01. The molecule has 14 heteroatoms. The first-order chi connectivity index (χ1) is 17.5. The minimum absolute atomic E-state index is 0.0124. The predicted octanol–water partition coefficient (Wildman–Crippen LogP) is 2.25. The molecule has 0 unspecified atom stereocenters. The zero-order chi connectivity index (χ0) is 26.9. The summed E-state index contributed by atoms with van der Waals surface area (Å²) in [6.07, 6.45) is 2.21. The molecule has 2 N–H and O–H groups in total. The highest BCUT2D eigenvalue weighted by atomic mass is 32.2. The van der Waals surface area contributed by atoms with Gasteiger partial charge in [0.1, 0.15) is 18.0 Å². The van der Waals surface area contributed by atoms with E-state index in [1.165, 1.54) is 22.9 Å². The van der Waals surface area contributed by atoms with E-state index in [9.17, 15) is 28.1 Å². The summed E-state index contributed by atoms with van der Waals surface area (Å²) in [5, 5.41) is 11.9. The van der Waals surface area contributed by atoms with E-state index in [-0.39, 0.29) is 40.5 Å². The number of benzene rings is 2. The lowest BCUT2D eigenvalue weighted by Gasteiger charge is -2.16. The number of methoxy groups -OCH3 is 1. The minimum atomic E-state index is -3.81. The molecule has 2 aromatic carbocycles. The number of aromatic nitrogens is 3. The van der Waals surface area contributed by atoms with Crippen LogP contribution in [-0.4, -0.2) is 41.2 Å². The number of pyridine rings is 1. The summed E-state index contributed by atoms with van der Waals surface area (Å²) in [6, 6.07) is 10.7. The fourth-order valence-corrected chi connectivity index (χ4v) is 4.12. The SMILES string of the molecule is COc1ccc(COc2c(C)n(-c3cc4nc(NS(C)(=O)=O)c(=O)[nH]c4cc3[N+](=O)[O-])ccc2=O)cc1.